The lowest BCUT2D eigenvalue weighted by atomic mass is 10.1. The van der Waals surface area contributed by atoms with E-state index in [-0.39, 0.29) is 18.4 Å². The number of ether oxygens (including phenoxy) is 4. The molecule has 40 heavy (non-hydrogen) atoms. The summed E-state index contributed by atoms with van der Waals surface area (Å²) in [5.74, 6) is 1.68. The molecule has 0 atom stereocenters. The minimum atomic E-state index is -0.195. The van der Waals surface area contributed by atoms with E-state index in [0.717, 1.165) is 10.4 Å². The molecule has 3 aromatic rings. The zero-order valence-corrected chi connectivity index (χ0v) is 24.9. The van der Waals surface area contributed by atoms with E-state index in [2.05, 4.69) is 19.1 Å². The van der Waals surface area contributed by atoms with Crippen molar-refractivity contribution in [3.8, 4) is 17.2 Å². The molecule has 0 fully saturated rings. The Morgan fingerprint density at radius 2 is 1.60 bits per heavy atom. The molecule has 3 rings (SSSR count). The van der Waals surface area contributed by atoms with Gasteiger partial charge in [-0.2, -0.15) is 0 Å². The predicted octanol–water partition coefficient (Wildman–Crippen LogP) is 5.22. The van der Waals surface area contributed by atoms with E-state index in [1.165, 1.54) is 4.88 Å². The van der Waals surface area contributed by atoms with Gasteiger partial charge in [-0.25, -0.2) is 0 Å². The Kier molecular flexibility index (Phi) is 12.3. The third-order valence-corrected chi connectivity index (χ3v) is 7.47. The molecule has 0 bridgehead atoms. The Morgan fingerprint density at radius 3 is 2.23 bits per heavy atom. The number of carbonyl (C=O) groups excluding carboxylic acids is 2. The first-order chi connectivity index (χ1) is 19.4. The molecule has 2 aromatic carbocycles. The van der Waals surface area contributed by atoms with Crippen LogP contribution in [0.25, 0.3) is 0 Å². The summed E-state index contributed by atoms with van der Waals surface area (Å²) in [5.41, 5.74) is 1.54. The van der Waals surface area contributed by atoms with Crippen molar-refractivity contribution in [3.05, 3.63) is 75.5 Å². The number of hydrogen-bond donors (Lipinski definition) is 0. The average molecular weight is 569 g/mol. The van der Waals surface area contributed by atoms with Crippen molar-refractivity contribution in [2.24, 2.45) is 0 Å². The van der Waals surface area contributed by atoms with E-state index >= 15 is 0 Å². The minimum Gasteiger partial charge on any atom is -0.497 e. The minimum absolute atomic E-state index is 0.0206. The molecule has 0 spiro atoms. The van der Waals surface area contributed by atoms with Crippen LogP contribution in [0.1, 0.15) is 39.0 Å². The van der Waals surface area contributed by atoms with Crippen molar-refractivity contribution in [3.63, 3.8) is 0 Å². The van der Waals surface area contributed by atoms with Crippen molar-refractivity contribution >= 4 is 23.2 Å². The van der Waals surface area contributed by atoms with Gasteiger partial charge < -0.3 is 28.7 Å². The van der Waals surface area contributed by atoms with E-state index in [0.29, 0.717) is 68.5 Å². The number of nitrogens with zero attached hydrogens (tertiary/aromatic N) is 2. The van der Waals surface area contributed by atoms with Crippen molar-refractivity contribution < 1.29 is 28.5 Å². The predicted molar refractivity (Wildman–Crippen MR) is 158 cm³/mol. The summed E-state index contributed by atoms with van der Waals surface area (Å²) in [7, 11) is 4.80. The van der Waals surface area contributed by atoms with E-state index < -0.39 is 0 Å². The first-order valence-corrected chi connectivity index (χ1v) is 14.2. The summed E-state index contributed by atoms with van der Waals surface area (Å²) in [6.07, 6.45) is 1.27. The number of hydrogen-bond acceptors (Lipinski definition) is 7. The lowest BCUT2D eigenvalue weighted by Crippen LogP contribution is -2.44. The molecular weight excluding hydrogens is 528 g/mol. The second-order valence-electron chi connectivity index (χ2n) is 9.27. The number of methoxy groups -OCH3 is 3. The van der Waals surface area contributed by atoms with Gasteiger partial charge in [-0.3, -0.25) is 9.59 Å². The molecule has 1 heterocycles. The molecule has 0 aliphatic heterocycles. The highest BCUT2D eigenvalue weighted by atomic mass is 32.1. The van der Waals surface area contributed by atoms with Crippen LogP contribution in [0.5, 0.6) is 17.2 Å². The average Bonchev–Trinajstić information content (AvgIpc) is 3.40. The molecule has 2 amide bonds. The smallest absolute Gasteiger partial charge is 0.254 e. The Balaban J connectivity index is 1.79. The monoisotopic (exact) mass is 568 g/mol. The number of aryl methyl sites for hydroxylation is 1. The van der Waals surface area contributed by atoms with Gasteiger partial charge in [0.15, 0.2) is 11.5 Å². The lowest BCUT2D eigenvalue weighted by molar-refractivity contribution is -0.132. The SMILES string of the molecule is CCOCCCN(CC(=O)N(CCc1ccc(OC)c(OC)c1)Cc1ccc(C)s1)C(=O)c1ccc(OC)cc1. The van der Waals surface area contributed by atoms with Crippen LogP contribution in [-0.4, -0.2) is 75.8 Å². The number of carbonyl (C=O) groups is 2. The Bertz CT molecular complexity index is 1230. The van der Waals surface area contributed by atoms with Gasteiger partial charge in [0, 0.05) is 41.6 Å². The van der Waals surface area contributed by atoms with Crippen LogP contribution in [0.4, 0.5) is 0 Å². The van der Waals surface area contributed by atoms with Crippen LogP contribution in [0.3, 0.4) is 0 Å². The Labute approximate surface area is 241 Å². The fourth-order valence-corrected chi connectivity index (χ4v) is 5.19. The van der Waals surface area contributed by atoms with Crippen LogP contribution >= 0.6 is 11.3 Å². The summed E-state index contributed by atoms with van der Waals surface area (Å²) in [4.78, 5) is 33.0. The molecule has 0 saturated heterocycles. The number of benzene rings is 2. The summed E-state index contributed by atoms with van der Waals surface area (Å²) in [6, 6.07) is 16.9. The second kappa shape index (κ2) is 15.9. The second-order valence-corrected chi connectivity index (χ2v) is 10.6. The van der Waals surface area contributed by atoms with E-state index in [1.807, 2.05) is 30.0 Å². The zero-order valence-electron chi connectivity index (χ0n) is 24.1. The number of amides is 2. The van der Waals surface area contributed by atoms with Gasteiger partial charge in [-0.05, 0) is 80.8 Å². The van der Waals surface area contributed by atoms with Crippen molar-refractivity contribution in [1.29, 1.82) is 0 Å². The fraction of sp³-hybridized carbons (Fsp3) is 0.419. The zero-order chi connectivity index (χ0) is 28.9. The van der Waals surface area contributed by atoms with E-state index in [9.17, 15) is 9.59 Å². The molecule has 0 unspecified atom stereocenters. The van der Waals surface area contributed by atoms with Crippen molar-refractivity contribution in [2.75, 3.05) is 54.2 Å². The fourth-order valence-electron chi connectivity index (χ4n) is 4.28. The molecule has 0 aliphatic carbocycles. The van der Waals surface area contributed by atoms with Gasteiger partial charge in [0.25, 0.3) is 5.91 Å². The maximum atomic E-state index is 13.8. The quantitative estimate of drug-likeness (QED) is 0.221. The first-order valence-electron chi connectivity index (χ1n) is 13.4. The largest absolute Gasteiger partial charge is 0.497 e. The lowest BCUT2D eigenvalue weighted by Gasteiger charge is -2.28. The maximum Gasteiger partial charge on any atom is 0.254 e. The molecule has 8 nitrogen and oxygen atoms in total. The molecule has 1 aromatic heterocycles. The first kappa shape index (κ1) is 31.0. The third kappa shape index (κ3) is 8.99. The van der Waals surface area contributed by atoms with E-state index in [1.54, 1.807) is 61.8 Å². The van der Waals surface area contributed by atoms with Crippen molar-refractivity contribution in [2.45, 2.75) is 33.2 Å². The topological polar surface area (TPSA) is 77.5 Å². The normalized spacial score (nSPS) is 10.7. The summed E-state index contributed by atoms with van der Waals surface area (Å²) in [6.45, 7) is 6.49. The van der Waals surface area contributed by atoms with Crippen LogP contribution in [0.15, 0.2) is 54.6 Å². The highest BCUT2D eigenvalue weighted by Gasteiger charge is 2.23. The van der Waals surface area contributed by atoms with Gasteiger partial charge in [-0.15, -0.1) is 11.3 Å². The van der Waals surface area contributed by atoms with Crippen LogP contribution in [-0.2, 0) is 22.5 Å². The van der Waals surface area contributed by atoms with Crippen molar-refractivity contribution in [1.82, 2.24) is 9.80 Å². The number of thiophene rings is 1. The standard InChI is InChI=1S/C31H40N2O6S/c1-6-39-19-7-17-33(31(35)25-10-12-26(36-3)13-11-25)22-30(34)32(21-27-14-8-23(2)40-27)18-16-24-9-15-28(37-4)29(20-24)38-5/h8-15,20H,6-7,16-19,21-22H2,1-5H3. The molecule has 0 saturated carbocycles. The van der Waals surface area contributed by atoms with Crippen LogP contribution in [0, 0.1) is 6.92 Å². The Hall–Kier alpha value is -3.56. The van der Waals surface area contributed by atoms with Crippen LogP contribution in [0.2, 0.25) is 0 Å². The molecule has 216 valence electrons. The maximum absolute atomic E-state index is 13.8. The summed E-state index contributed by atoms with van der Waals surface area (Å²) >= 11 is 1.67. The van der Waals surface area contributed by atoms with Gasteiger partial charge in [0.1, 0.15) is 12.3 Å². The van der Waals surface area contributed by atoms with Gasteiger partial charge >= 0.3 is 0 Å². The van der Waals surface area contributed by atoms with Gasteiger partial charge in [-0.1, -0.05) is 6.07 Å². The molecule has 9 heteroatoms. The van der Waals surface area contributed by atoms with Gasteiger partial charge in [0.05, 0.1) is 27.9 Å². The highest BCUT2D eigenvalue weighted by Crippen LogP contribution is 2.28. The molecule has 0 aliphatic rings. The summed E-state index contributed by atoms with van der Waals surface area (Å²) in [5, 5.41) is 0. The molecular formula is C31H40N2O6S. The highest BCUT2D eigenvalue weighted by molar-refractivity contribution is 7.11. The third-order valence-electron chi connectivity index (χ3n) is 6.48. The summed E-state index contributed by atoms with van der Waals surface area (Å²) < 4.78 is 21.5. The number of rotatable bonds is 16. The van der Waals surface area contributed by atoms with Gasteiger partial charge in [0.2, 0.25) is 5.91 Å². The van der Waals surface area contributed by atoms with E-state index in [4.69, 9.17) is 18.9 Å². The molecule has 0 N–H and O–H groups in total. The van der Waals surface area contributed by atoms with Crippen LogP contribution < -0.4 is 14.2 Å². The Morgan fingerprint density at radius 1 is 0.850 bits per heavy atom. The molecule has 0 radical (unpaired) electrons.